The van der Waals surface area contributed by atoms with Gasteiger partial charge < -0.3 is 39.0 Å². The van der Waals surface area contributed by atoms with Crippen molar-refractivity contribution in [2.45, 2.75) is 289 Å². The number of hydrogen-bond donors (Lipinski definition) is 3. The third-order valence-electron chi connectivity index (χ3n) is 13.6. The lowest BCUT2D eigenvalue weighted by Gasteiger charge is -2.40. The number of aliphatic hydroxyl groups excluding tert-OH is 2. The Balaban J connectivity index is 2.70. The first-order valence-corrected chi connectivity index (χ1v) is 31.2. The highest BCUT2D eigenvalue weighted by Crippen LogP contribution is 2.26. The van der Waals surface area contributed by atoms with Crippen LogP contribution in [0.2, 0.25) is 0 Å². The summed E-state index contributed by atoms with van der Waals surface area (Å²) in [5, 5.41) is 31.5. The predicted molar refractivity (Wildman–Crippen MR) is 321 cm³/mol. The summed E-state index contributed by atoms with van der Waals surface area (Å²) < 4.78 is 28.4. The molecule has 1 fully saturated rings. The van der Waals surface area contributed by atoms with E-state index in [1.807, 2.05) is 12.2 Å². The number of hydrogen-bond acceptors (Lipinski definition) is 11. The number of esters is 3. The van der Waals surface area contributed by atoms with Gasteiger partial charge in [0.05, 0.1) is 6.61 Å². The van der Waals surface area contributed by atoms with E-state index in [-0.39, 0.29) is 25.9 Å². The second kappa shape index (κ2) is 54.2. The summed E-state index contributed by atoms with van der Waals surface area (Å²) in [6.07, 6.45) is 59.6. The predicted octanol–water partition coefficient (Wildman–Crippen LogP) is 16.5. The molecule has 3 N–H and O–H groups in total. The zero-order valence-electron chi connectivity index (χ0n) is 49.6. The second-order valence-electron chi connectivity index (χ2n) is 20.9. The van der Waals surface area contributed by atoms with E-state index in [0.29, 0.717) is 25.7 Å². The molecule has 0 bridgehead atoms. The molecule has 450 valence electrons. The van der Waals surface area contributed by atoms with Gasteiger partial charge in [-0.25, -0.2) is 4.79 Å². The molecule has 0 radical (unpaired) electrons. The first-order chi connectivity index (χ1) is 38.6. The normalized spacial score (nSPS) is 18.5. The third-order valence-corrected chi connectivity index (χ3v) is 13.6. The lowest BCUT2D eigenvalue weighted by Crippen LogP contribution is -2.61. The van der Waals surface area contributed by atoms with Gasteiger partial charge in [-0.05, 0) is 109 Å². The molecule has 0 aliphatic carbocycles. The summed E-state index contributed by atoms with van der Waals surface area (Å²) in [6, 6.07) is 0. The molecular formula is C67H110O12. The number of aliphatic hydroxyl groups is 2. The molecule has 6 unspecified atom stereocenters. The number of carbonyl (C=O) groups is 4. The lowest BCUT2D eigenvalue weighted by atomic mass is 9.98. The number of carbonyl (C=O) groups excluding carboxylic acids is 3. The number of rotatable bonds is 52. The molecule has 79 heavy (non-hydrogen) atoms. The van der Waals surface area contributed by atoms with Crippen LogP contribution in [0.5, 0.6) is 0 Å². The van der Waals surface area contributed by atoms with Gasteiger partial charge >= 0.3 is 23.9 Å². The number of aliphatic carboxylic acids is 1. The highest BCUT2D eigenvalue weighted by Gasteiger charge is 2.50. The van der Waals surface area contributed by atoms with Gasteiger partial charge in [-0.2, -0.15) is 0 Å². The first kappa shape index (κ1) is 72.7. The van der Waals surface area contributed by atoms with Gasteiger partial charge in [-0.15, -0.1) is 0 Å². The first-order valence-electron chi connectivity index (χ1n) is 31.2. The Labute approximate surface area is 479 Å². The van der Waals surface area contributed by atoms with Crippen molar-refractivity contribution >= 4 is 23.9 Å². The van der Waals surface area contributed by atoms with E-state index >= 15 is 0 Å². The summed E-state index contributed by atoms with van der Waals surface area (Å²) in [5.41, 5.74) is 0. The van der Waals surface area contributed by atoms with Gasteiger partial charge in [0.15, 0.2) is 24.6 Å². The fourth-order valence-electron chi connectivity index (χ4n) is 8.85. The zero-order chi connectivity index (χ0) is 57.5. The van der Waals surface area contributed by atoms with Crippen molar-refractivity contribution < 1.29 is 58.2 Å². The van der Waals surface area contributed by atoms with Crippen molar-refractivity contribution in [3.8, 4) is 0 Å². The van der Waals surface area contributed by atoms with E-state index in [9.17, 15) is 34.5 Å². The number of allylic oxidation sites excluding steroid dienone is 16. The van der Waals surface area contributed by atoms with Crippen LogP contribution in [-0.4, -0.2) is 89.2 Å². The second-order valence-corrected chi connectivity index (χ2v) is 20.9. The van der Waals surface area contributed by atoms with Crippen LogP contribution in [0.3, 0.4) is 0 Å². The van der Waals surface area contributed by atoms with Crippen LogP contribution < -0.4 is 0 Å². The number of carboxylic acid groups (broad SMARTS) is 1. The van der Waals surface area contributed by atoms with Crippen LogP contribution in [-0.2, 0) is 42.9 Å². The smallest absolute Gasteiger partial charge is 0.335 e. The number of ether oxygens (including phenoxy) is 5. The Morgan fingerprint density at radius 3 is 1.30 bits per heavy atom. The Morgan fingerprint density at radius 2 is 0.823 bits per heavy atom. The van der Waals surface area contributed by atoms with Crippen molar-refractivity contribution in [1.29, 1.82) is 0 Å². The molecule has 12 nitrogen and oxygen atoms in total. The lowest BCUT2D eigenvalue weighted by molar-refractivity contribution is -0.301. The number of carboxylic acids is 1. The van der Waals surface area contributed by atoms with Crippen molar-refractivity contribution in [2.75, 3.05) is 13.2 Å². The number of unbranched alkanes of at least 4 members (excludes halogenated alkanes) is 22. The molecule has 0 saturated carbocycles. The molecule has 1 aliphatic heterocycles. The zero-order valence-corrected chi connectivity index (χ0v) is 49.6. The van der Waals surface area contributed by atoms with Gasteiger partial charge in [0.1, 0.15) is 18.8 Å². The molecule has 12 heteroatoms. The Morgan fingerprint density at radius 1 is 0.430 bits per heavy atom. The van der Waals surface area contributed by atoms with Crippen LogP contribution in [0, 0.1) is 0 Å². The van der Waals surface area contributed by atoms with E-state index in [4.69, 9.17) is 23.7 Å². The average molecular weight is 1110 g/mol. The maximum atomic E-state index is 13.1. The van der Waals surface area contributed by atoms with E-state index in [1.165, 1.54) is 77.0 Å². The van der Waals surface area contributed by atoms with Crippen molar-refractivity contribution in [1.82, 2.24) is 0 Å². The quantitative estimate of drug-likeness (QED) is 0.0228. The standard InChI is InChI=1S/C67H110O12/c1-4-7-10-13-16-19-22-25-27-29-30-32-34-37-40-43-46-49-52-55-61(70)78-65-63(72)62(71)64(66(73)74)79-67(65)76-57-58(77-60(69)54-51-48-45-42-39-35-24-21-18-15-12-9-6-3)56-75-59(68)53-50-47-44-41-38-36-33-31-28-26-23-20-17-14-11-8-5-2/h9,12,16,18-19,21,25-28,30,32,35,39,45,48,58,62-65,67,71-72H,4-8,10-11,13-15,17,20,22-24,29,31,33-34,36-38,40-44,46-47,49-57H2,1-3H3,(H,73,74)/b12-9-,19-16-,21-18-,27-25-,28-26-,32-30-,39-35-,48-45-. The molecule has 1 rings (SSSR count). The van der Waals surface area contributed by atoms with Crippen LogP contribution in [0.1, 0.15) is 252 Å². The topological polar surface area (TPSA) is 175 Å². The van der Waals surface area contributed by atoms with Crippen LogP contribution in [0.25, 0.3) is 0 Å². The monoisotopic (exact) mass is 1110 g/mol. The van der Waals surface area contributed by atoms with E-state index in [0.717, 1.165) is 109 Å². The highest BCUT2D eigenvalue weighted by atomic mass is 16.7. The van der Waals surface area contributed by atoms with E-state index in [1.54, 1.807) is 0 Å². The third kappa shape index (κ3) is 44.0. The van der Waals surface area contributed by atoms with E-state index < -0.39 is 67.3 Å². The molecule has 0 aromatic rings. The maximum absolute atomic E-state index is 13.1. The Bertz CT molecular complexity index is 1740. The summed E-state index contributed by atoms with van der Waals surface area (Å²) in [5.74, 6) is -3.25. The summed E-state index contributed by atoms with van der Waals surface area (Å²) in [6.45, 7) is 5.78. The molecule has 1 heterocycles. The van der Waals surface area contributed by atoms with Crippen LogP contribution in [0.4, 0.5) is 0 Å². The van der Waals surface area contributed by atoms with Crippen molar-refractivity contribution in [3.63, 3.8) is 0 Å². The van der Waals surface area contributed by atoms with Gasteiger partial charge in [-0.3, -0.25) is 14.4 Å². The minimum Gasteiger partial charge on any atom is -0.479 e. The fourth-order valence-corrected chi connectivity index (χ4v) is 8.85. The molecule has 0 aromatic heterocycles. The molecule has 0 aromatic carbocycles. The largest absolute Gasteiger partial charge is 0.479 e. The minimum absolute atomic E-state index is 0.0338. The van der Waals surface area contributed by atoms with Gasteiger partial charge in [-0.1, -0.05) is 221 Å². The molecular weight excluding hydrogens is 997 g/mol. The maximum Gasteiger partial charge on any atom is 0.335 e. The Hall–Kier alpha value is -4.36. The van der Waals surface area contributed by atoms with Crippen molar-refractivity contribution in [3.05, 3.63) is 97.2 Å². The average Bonchev–Trinajstić information content (AvgIpc) is 3.43. The minimum atomic E-state index is -1.92. The highest BCUT2D eigenvalue weighted by molar-refractivity contribution is 5.74. The molecule has 1 aliphatic rings. The molecule has 0 spiro atoms. The fraction of sp³-hybridized carbons (Fsp3) is 0.701. The van der Waals surface area contributed by atoms with Gasteiger partial charge in [0, 0.05) is 19.3 Å². The van der Waals surface area contributed by atoms with Crippen molar-refractivity contribution in [2.24, 2.45) is 0 Å². The summed E-state index contributed by atoms with van der Waals surface area (Å²) >= 11 is 0. The summed E-state index contributed by atoms with van der Waals surface area (Å²) in [7, 11) is 0. The Kier molecular flexibility index (Phi) is 49.9. The van der Waals surface area contributed by atoms with Crippen LogP contribution >= 0.6 is 0 Å². The molecule has 1 saturated heterocycles. The van der Waals surface area contributed by atoms with E-state index in [2.05, 4.69) is 106 Å². The van der Waals surface area contributed by atoms with Gasteiger partial charge in [0.2, 0.25) is 0 Å². The molecule has 0 amide bonds. The summed E-state index contributed by atoms with van der Waals surface area (Å²) in [4.78, 5) is 51.2. The molecule has 6 atom stereocenters. The van der Waals surface area contributed by atoms with Crippen LogP contribution in [0.15, 0.2) is 97.2 Å². The SMILES string of the molecule is CC/C=C\C/C=C\C/C=C\C/C=C\CCC(=O)OC(COC(=O)CCCCCCCCC/C=C\CCCCCCCC)COC1OC(C(=O)O)C(O)C(O)C1OC(=O)CCCCCCCC/C=C\C/C=C\C/C=C\CCCCC. The van der Waals surface area contributed by atoms with Gasteiger partial charge in [0.25, 0.3) is 0 Å².